The number of hydrogen-bond donors (Lipinski definition) is 2. The van der Waals surface area contributed by atoms with Crippen molar-refractivity contribution in [2.24, 2.45) is 5.84 Å². The Morgan fingerprint density at radius 3 is 2.92 bits per heavy atom. The van der Waals surface area contributed by atoms with Gasteiger partial charge in [-0.05, 0) is 19.1 Å². The largest absolute Gasteiger partial charge is 0.492 e. The van der Waals surface area contributed by atoms with Crippen LogP contribution in [0.25, 0.3) is 0 Å². The van der Waals surface area contributed by atoms with E-state index in [1.165, 1.54) is 0 Å². The van der Waals surface area contributed by atoms with Crippen LogP contribution >= 0.6 is 11.6 Å². The Balaban J connectivity index is 2.91. The molecule has 0 saturated carbocycles. The minimum atomic E-state index is 0.591. The van der Waals surface area contributed by atoms with E-state index < -0.39 is 0 Å². The van der Waals surface area contributed by atoms with Crippen LogP contribution in [0.2, 0.25) is 5.02 Å². The van der Waals surface area contributed by atoms with Crippen molar-refractivity contribution in [2.75, 3.05) is 12.0 Å². The summed E-state index contributed by atoms with van der Waals surface area (Å²) in [5.74, 6) is 5.86. The summed E-state index contributed by atoms with van der Waals surface area (Å²) < 4.78 is 5.25. The van der Waals surface area contributed by atoms with Gasteiger partial charge in [-0.3, -0.25) is 5.84 Å². The molecule has 3 N–H and O–H groups in total. The molecule has 4 heteroatoms. The lowest BCUT2D eigenvalue weighted by Crippen LogP contribution is -2.06. The fourth-order valence-corrected chi connectivity index (χ4v) is 1.03. The Labute approximate surface area is 76.4 Å². The van der Waals surface area contributed by atoms with Crippen LogP contribution in [0.4, 0.5) is 5.69 Å². The SMILES string of the molecule is CCOc1cc(NN)ccc1Cl. The first-order chi connectivity index (χ1) is 5.77. The summed E-state index contributed by atoms with van der Waals surface area (Å²) in [6.07, 6.45) is 0. The Kier molecular flexibility index (Phi) is 3.19. The highest BCUT2D eigenvalue weighted by molar-refractivity contribution is 6.32. The van der Waals surface area contributed by atoms with E-state index in [0.717, 1.165) is 5.69 Å². The summed E-state index contributed by atoms with van der Waals surface area (Å²) in [7, 11) is 0. The highest BCUT2D eigenvalue weighted by atomic mass is 35.5. The van der Waals surface area contributed by atoms with Crippen LogP contribution in [0, 0.1) is 0 Å². The molecule has 1 aromatic carbocycles. The second-order valence-electron chi connectivity index (χ2n) is 2.22. The normalized spacial score (nSPS) is 9.58. The molecule has 0 aliphatic rings. The molecule has 0 heterocycles. The number of hydrazine groups is 1. The first-order valence-electron chi connectivity index (χ1n) is 3.67. The van der Waals surface area contributed by atoms with E-state index in [2.05, 4.69) is 5.43 Å². The fraction of sp³-hybridized carbons (Fsp3) is 0.250. The fourth-order valence-electron chi connectivity index (χ4n) is 0.859. The van der Waals surface area contributed by atoms with Crippen LogP contribution in [0.1, 0.15) is 6.92 Å². The van der Waals surface area contributed by atoms with Gasteiger partial charge < -0.3 is 10.2 Å². The zero-order valence-electron chi connectivity index (χ0n) is 6.80. The first kappa shape index (κ1) is 9.16. The lowest BCUT2D eigenvalue weighted by Gasteiger charge is -2.07. The van der Waals surface area contributed by atoms with Crippen LogP contribution < -0.4 is 16.0 Å². The topological polar surface area (TPSA) is 47.3 Å². The average Bonchev–Trinajstić information content (AvgIpc) is 2.09. The van der Waals surface area contributed by atoms with Crippen LogP contribution in [-0.4, -0.2) is 6.61 Å². The molecule has 0 aliphatic carbocycles. The molecule has 0 atom stereocenters. The van der Waals surface area contributed by atoms with Gasteiger partial charge in [-0.15, -0.1) is 0 Å². The van der Waals surface area contributed by atoms with E-state index in [-0.39, 0.29) is 0 Å². The number of nitrogens with one attached hydrogen (secondary N) is 1. The van der Waals surface area contributed by atoms with Gasteiger partial charge in [0.1, 0.15) is 5.75 Å². The number of hydrogen-bond acceptors (Lipinski definition) is 3. The molecule has 0 spiro atoms. The predicted molar refractivity (Wildman–Crippen MR) is 50.4 cm³/mol. The summed E-state index contributed by atoms with van der Waals surface area (Å²) >= 11 is 5.84. The molecule has 0 amide bonds. The Hall–Kier alpha value is -0.930. The maximum absolute atomic E-state index is 5.84. The zero-order valence-corrected chi connectivity index (χ0v) is 7.56. The molecular weight excluding hydrogens is 176 g/mol. The summed E-state index contributed by atoms with van der Waals surface area (Å²) in [5.41, 5.74) is 3.29. The average molecular weight is 187 g/mol. The number of rotatable bonds is 3. The Morgan fingerprint density at radius 2 is 2.33 bits per heavy atom. The van der Waals surface area contributed by atoms with Crippen LogP contribution in [0.5, 0.6) is 5.75 Å². The van der Waals surface area contributed by atoms with Crippen molar-refractivity contribution in [3.05, 3.63) is 23.2 Å². The van der Waals surface area contributed by atoms with Gasteiger partial charge in [0, 0.05) is 6.07 Å². The quantitative estimate of drug-likeness (QED) is 0.561. The third kappa shape index (κ3) is 2.03. The molecule has 0 aliphatic heterocycles. The van der Waals surface area contributed by atoms with Crippen molar-refractivity contribution in [1.29, 1.82) is 0 Å². The second-order valence-corrected chi connectivity index (χ2v) is 2.63. The molecule has 66 valence electrons. The number of nitrogens with two attached hydrogens (primary N) is 1. The van der Waals surface area contributed by atoms with Crippen molar-refractivity contribution < 1.29 is 4.74 Å². The third-order valence-corrected chi connectivity index (χ3v) is 1.71. The van der Waals surface area contributed by atoms with Crippen LogP contribution in [0.3, 0.4) is 0 Å². The lowest BCUT2D eigenvalue weighted by atomic mass is 10.3. The third-order valence-electron chi connectivity index (χ3n) is 1.40. The molecule has 0 aromatic heterocycles. The monoisotopic (exact) mass is 186 g/mol. The van der Waals surface area contributed by atoms with Gasteiger partial charge in [0.25, 0.3) is 0 Å². The number of ether oxygens (including phenoxy) is 1. The summed E-state index contributed by atoms with van der Waals surface area (Å²) in [5, 5.41) is 0.593. The molecule has 1 aromatic rings. The molecule has 0 radical (unpaired) electrons. The maximum Gasteiger partial charge on any atom is 0.139 e. The Morgan fingerprint density at radius 1 is 1.58 bits per heavy atom. The van der Waals surface area contributed by atoms with E-state index in [1.54, 1.807) is 18.2 Å². The van der Waals surface area contributed by atoms with E-state index >= 15 is 0 Å². The van der Waals surface area contributed by atoms with Crippen molar-refractivity contribution >= 4 is 17.3 Å². The van der Waals surface area contributed by atoms with E-state index in [9.17, 15) is 0 Å². The van der Waals surface area contributed by atoms with Crippen molar-refractivity contribution in [3.8, 4) is 5.75 Å². The molecule has 1 rings (SSSR count). The van der Waals surface area contributed by atoms with Gasteiger partial charge in [-0.25, -0.2) is 0 Å². The zero-order chi connectivity index (χ0) is 8.97. The number of benzene rings is 1. The van der Waals surface area contributed by atoms with Gasteiger partial charge in [0.2, 0.25) is 0 Å². The minimum absolute atomic E-state index is 0.591. The van der Waals surface area contributed by atoms with Crippen molar-refractivity contribution in [1.82, 2.24) is 0 Å². The van der Waals surface area contributed by atoms with Gasteiger partial charge in [0.05, 0.1) is 17.3 Å². The molecule has 0 bridgehead atoms. The minimum Gasteiger partial charge on any atom is -0.492 e. The number of halogens is 1. The van der Waals surface area contributed by atoms with Gasteiger partial charge in [0.15, 0.2) is 0 Å². The highest BCUT2D eigenvalue weighted by Gasteiger charge is 2.00. The van der Waals surface area contributed by atoms with E-state index in [4.69, 9.17) is 22.2 Å². The highest BCUT2D eigenvalue weighted by Crippen LogP contribution is 2.27. The van der Waals surface area contributed by atoms with E-state index in [0.29, 0.717) is 17.4 Å². The summed E-state index contributed by atoms with van der Waals surface area (Å²) in [6.45, 7) is 2.49. The summed E-state index contributed by atoms with van der Waals surface area (Å²) in [4.78, 5) is 0. The predicted octanol–water partition coefficient (Wildman–Crippen LogP) is 2.02. The summed E-state index contributed by atoms with van der Waals surface area (Å²) in [6, 6.07) is 5.28. The van der Waals surface area contributed by atoms with Gasteiger partial charge in [-0.1, -0.05) is 11.6 Å². The molecule has 3 nitrogen and oxygen atoms in total. The van der Waals surface area contributed by atoms with E-state index in [1.807, 2.05) is 6.92 Å². The molecule has 0 saturated heterocycles. The van der Waals surface area contributed by atoms with Crippen molar-refractivity contribution in [3.63, 3.8) is 0 Å². The van der Waals surface area contributed by atoms with Crippen molar-refractivity contribution in [2.45, 2.75) is 6.92 Å². The second kappa shape index (κ2) is 4.18. The smallest absolute Gasteiger partial charge is 0.139 e. The van der Waals surface area contributed by atoms with Gasteiger partial charge >= 0.3 is 0 Å². The number of anilines is 1. The van der Waals surface area contributed by atoms with Crippen LogP contribution in [0.15, 0.2) is 18.2 Å². The molecule has 0 unspecified atom stereocenters. The lowest BCUT2D eigenvalue weighted by molar-refractivity contribution is 0.340. The molecular formula is C8H11ClN2O. The molecule has 0 fully saturated rings. The first-order valence-corrected chi connectivity index (χ1v) is 4.04. The standard InChI is InChI=1S/C8H11ClN2O/c1-2-12-8-5-6(11-10)3-4-7(8)9/h3-5,11H,2,10H2,1H3. The molecule has 12 heavy (non-hydrogen) atoms. The number of nitrogen functional groups attached to an aromatic ring is 1. The maximum atomic E-state index is 5.84. The Bertz CT molecular complexity index is 265. The van der Waals surface area contributed by atoms with Gasteiger partial charge in [-0.2, -0.15) is 0 Å². The van der Waals surface area contributed by atoms with Crippen LogP contribution in [-0.2, 0) is 0 Å².